The molecule has 3 aromatic rings. The Bertz CT molecular complexity index is 1110. The van der Waals surface area contributed by atoms with Crippen LogP contribution in [0.4, 0.5) is 0 Å². The van der Waals surface area contributed by atoms with Gasteiger partial charge in [-0.05, 0) is 24.3 Å². The van der Waals surface area contributed by atoms with E-state index in [1.807, 2.05) is 0 Å². The zero-order valence-electron chi connectivity index (χ0n) is 16.1. The summed E-state index contributed by atoms with van der Waals surface area (Å²) in [6, 6.07) is 11.7. The molecule has 1 aromatic heterocycles. The predicted octanol–water partition coefficient (Wildman–Crippen LogP) is 2.23. The minimum Gasteiger partial charge on any atom is -0.497 e. The third-order valence-corrected chi connectivity index (χ3v) is 4.36. The Kier molecular flexibility index (Phi) is 6.23. The maximum absolute atomic E-state index is 12.4. The van der Waals surface area contributed by atoms with Gasteiger partial charge in [0.05, 0.1) is 43.4 Å². The molecular weight excluding hydrogens is 376 g/mol. The molecule has 0 radical (unpaired) electrons. The molecule has 0 aliphatic rings. The van der Waals surface area contributed by atoms with Crippen LogP contribution in [-0.4, -0.2) is 42.1 Å². The van der Waals surface area contributed by atoms with Crippen LogP contribution in [0.2, 0.25) is 0 Å². The van der Waals surface area contributed by atoms with Crippen LogP contribution in [0.15, 0.2) is 53.6 Å². The number of Topliss-reactive ketones (excluding diaryl/α,β-unsaturated/α-hetero) is 1. The van der Waals surface area contributed by atoms with Gasteiger partial charge in [-0.15, -0.1) is 0 Å². The summed E-state index contributed by atoms with van der Waals surface area (Å²) in [7, 11) is 2.95. The topological polar surface area (TPSA) is 96.7 Å². The van der Waals surface area contributed by atoms with Gasteiger partial charge < -0.3 is 14.2 Å². The molecule has 0 aliphatic heterocycles. The van der Waals surface area contributed by atoms with Crippen molar-refractivity contribution in [3.8, 4) is 11.5 Å². The van der Waals surface area contributed by atoms with Crippen molar-refractivity contribution in [2.45, 2.75) is 13.0 Å². The first-order valence-corrected chi connectivity index (χ1v) is 8.88. The first-order chi connectivity index (χ1) is 14.0. The number of ketones is 1. The Morgan fingerprint density at radius 3 is 2.62 bits per heavy atom. The highest BCUT2D eigenvalue weighted by molar-refractivity contribution is 6.00. The van der Waals surface area contributed by atoms with E-state index in [0.29, 0.717) is 22.4 Å². The average Bonchev–Trinajstić information content (AvgIpc) is 2.76. The Labute approximate surface area is 166 Å². The Hall–Kier alpha value is -3.68. The number of nitrogens with zero attached hydrogens (tertiary/aromatic N) is 2. The Morgan fingerprint density at radius 2 is 1.86 bits per heavy atom. The molecular formula is C21H20N2O6. The number of hydrogen-bond donors (Lipinski definition) is 0. The van der Waals surface area contributed by atoms with Gasteiger partial charge in [0.15, 0.2) is 6.61 Å². The molecule has 0 unspecified atom stereocenters. The molecule has 0 amide bonds. The third-order valence-electron chi connectivity index (χ3n) is 4.36. The molecule has 0 bridgehead atoms. The maximum Gasteiger partial charge on any atom is 0.308 e. The monoisotopic (exact) mass is 396 g/mol. The first-order valence-electron chi connectivity index (χ1n) is 8.88. The molecule has 150 valence electrons. The van der Waals surface area contributed by atoms with Crippen LogP contribution in [0.25, 0.3) is 10.9 Å². The Morgan fingerprint density at radius 1 is 1.07 bits per heavy atom. The van der Waals surface area contributed by atoms with Gasteiger partial charge in [-0.3, -0.25) is 19.0 Å². The summed E-state index contributed by atoms with van der Waals surface area (Å²) in [5.74, 6) is -0.114. The number of ether oxygens (including phenoxy) is 3. The number of rotatable bonds is 8. The number of aryl methyl sites for hydroxylation is 1. The highest BCUT2D eigenvalue weighted by Crippen LogP contribution is 2.25. The second-order valence-electron chi connectivity index (χ2n) is 6.16. The lowest BCUT2D eigenvalue weighted by atomic mass is 10.1. The zero-order chi connectivity index (χ0) is 20.8. The van der Waals surface area contributed by atoms with Crippen LogP contribution in [0.3, 0.4) is 0 Å². The molecule has 0 spiro atoms. The van der Waals surface area contributed by atoms with Crippen LogP contribution < -0.4 is 15.0 Å². The Balaban J connectivity index is 1.59. The standard InChI is InChI=1S/C21H20N2O6/c1-27-14-7-8-16(19(11-14)28-2)18(24)12-29-20(25)9-10-23-13-22-17-6-4-3-5-15(17)21(23)26/h3-8,11,13H,9-10,12H2,1-2H3. The number of carbonyl (C=O) groups excluding carboxylic acids is 2. The van der Waals surface area contributed by atoms with E-state index in [0.717, 1.165) is 0 Å². The van der Waals surface area contributed by atoms with Crippen LogP contribution >= 0.6 is 0 Å². The summed E-state index contributed by atoms with van der Waals surface area (Å²) in [5, 5.41) is 0.477. The summed E-state index contributed by atoms with van der Waals surface area (Å²) < 4.78 is 16.7. The van der Waals surface area contributed by atoms with Gasteiger partial charge in [0, 0.05) is 12.6 Å². The fourth-order valence-electron chi connectivity index (χ4n) is 2.80. The van der Waals surface area contributed by atoms with Gasteiger partial charge >= 0.3 is 5.97 Å². The van der Waals surface area contributed by atoms with Crippen LogP contribution in [0.1, 0.15) is 16.8 Å². The quantitative estimate of drug-likeness (QED) is 0.425. The van der Waals surface area contributed by atoms with E-state index in [2.05, 4.69) is 4.98 Å². The van der Waals surface area contributed by atoms with Gasteiger partial charge in [-0.25, -0.2) is 4.98 Å². The smallest absolute Gasteiger partial charge is 0.308 e. The van der Waals surface area contributed by atoms with Crippen molar-refractivity contribution >= 4 is 22.7 Å². The molecule has 3 rings (SSSR count). The van der Waals surface area contributed by atoms with E-state index in [1.54, 1.807) is 42.5 Å². The van der Waals surface area contributed by atoms with Crippen molar-refractivity contribution in [1.29, 1.82) is 0 Å². The fraction of sp³-hybridized carbons (Fsp3) is 0.238. The highest BCUT2D eigenvalue weighted by atomic mass is 16.5. The lowest BCUT2D eigenvalue weighted by molar-refractivity contribution is -0.142. The largest absolute Gasteiger partial charge is 0.497 e. The average molecular weight is 396 g/mol. The van der Waals surface area contributed by atoms with E-state index >= 15 is 0 Å². The van der Waals surface area contributed by atoms with Crippen molar-refractivity contribution in [1.82, 2.24) is 9.55 Å². The number of esters is 1. The molecule has 8 nitrogen and oxygen atoms in total. The van der Waals surface area contributed by atoms with Gasteiger partial charge in [0.25, 0.3) is 5.56 Å². The first kappa shape index (κ1) is 20.1. The van der Waals surface area contributed by atoms with Crippen LogP contribution in [-0.2, 0) is 16.1 Å². The molecule has 29 heavy (non-hydrogen) atoms. The normalized spacial score (nSPS) is 10.6. The maximum atomic E-state index is 12.4. The van der Waals surface area contributed by atoms with Gasteiger partial charge in [-0.2, -0.15) is 0 Å². The lowest BCUT2D eigenvalue weighted by Crippen LogP contribution is -2.23. The molecule has 0 N–H and O–H groups in total. The predicted molar refractivity (Wildman–Crippen MR) is 105 cm³/mol. The molecule has 0 aliphatic carbocycles. The molecule has 8 heteroatoms. The third kappa shape index (κ3) is 4.60. The molecule has 0 fully saturated rings. The van der Waals surface area contributed by atoms with E-state index in [9.17, 15) is 14.4 Å². The number of methoxy groups -OCH3 is 2. The van der Waals surface area contributed by atoms with Gasteiger partial charge in [0.2, 0.25) is 5.78 Å². The number of aromatic nitrogens is 2. The van der Waals surface area contributed by atoms with Gasteiger partial charge in [0.1, 0.15) is 11.5 Å². The second-order valence-corrected chi connectivity index (χ2v) is 6.16. The molecule has 1 heterocycles. The SMILES string of the molecule is COc1ccc(C(=O)COC(=O)CCn2cnc3ccccc3c2=O)c(OC)c1. The summed E-state index contributed by atoms with van der Waals surface area (Å²) in [6.07, 6.45) is 1.33. The van der Waals surface area contributed by atoms with E-state index in [4.69, 9.17) is 14.2 Å². The zero-order valence-corrected chi connectivity index (χ0v) is 16.1. The minimum atomic E-state index is -0.592. The summed E-state index contributed by atoms with van der Waals surface area (Å²) in [4.78, 5) is 41.0. The number of fused-ring (bicyclic) bond motifs is 1. The summed E-state index contributed by atoms with van der Waals surface area (Å²) >= 11 is 0. The van der Waals surface area contributed by atoms with E-state index in [-0.39, 0.29) is 24.1 Å². The number of benzene rings is 2. The molecule has 0 saturated carbocycles. The van der Waals surface area contributed by atoms with Crippen molar-refractivity contribution < 1.29 is 23.8 Å². The van der Waals surface area contributed by atoms with E-state index < -0.39 is 18.4 Å². The van der Waals surface area contributed by atoms with Crippen LogP contribution in [0, 0.1) is 0 Å². The van der Waals surface area contributed by atoms with Crippen LogP contribution in [0.5, 0.6) is 11.5 Å². The fourth-order valence-corrected chi connectivity index (χ4v) is 2.80. The molecule has 0 saturated heterocycles. The summed E-state index contributed by atoms with van der Waals surface area (Å²) in [6.45, 7) is -0.318. The minimum absolute atomic E-state index is 0.0625. The van der Waals surface area contributed by atoms with Gasteiger partial charge in [-0.1, -0.05) is 12.1 Å². The number of hydrogen-bond acceptors (Lipinski definition) is 7. The van der Waals surface area contributed by atoms with Crippen molar-refractivity contribution in [3.63, 3.8) is 0 Å². The van der Waals surface area contributed by atoms with Crippen molar-refractivity contribution in [3.05, 3.63) is 64.7 Å². The summed E-state index contributed by atoms with van der Waals surface area (Å²) in [5.41, 5.74) is 0.647. The van der Waals surface area contributed by atoms with E-state index in [1.165, 1.54) is 25.1 Å². The molecule has 0 atom stereocenters. The second kappa shape index (κ2) is 9.01. The molecule has 2 aromatic carbocycles. The highest BCUT2D eigenvalue weighted by Gasteiger charge is 2.16. The number of para-hydroxylation sites is 1. The van der Waals surface area contributed by atoms with Crippen molar-refractivity contribution in [2.24, 2.45) is 0 Å². The number of carbonyl (C=O) groups is 2. The van der Waals surface area contributed by atoms with Crippen molar-refractivity contribution in [2.75, 3.05) is 20.8 Å². The lowest BCUT2D eigenvalue weighted by Gasteiger charge is -2.10.